The van der Waals surface area contributed by atoms with Crippen LogP contribution in [0.1, 0.15) is 11.6 Å². The Morgan fingerprint density at radius 1 is 1.25 bits per heavy atom. The molecule has 0 aliphatic rings. The molecule has 1 aromatic rings. The molecule has 68 valence electrons. The third-order valence-corrected chi connectivity index (χ3v) is 1.80. The number of nitrogens with two attached hydrogens (primary N) is 2. The number of halogens is 2. The van der Waals surface area contributed by atoms with Gasteiger partial charge in [-0.15, -0.1) is 12.4 Å². The molecular weight excluding hydrogens is 195 g/mol. The quantitative estimate of drug-likeness (QED) is 0.775. The fraction of sp³-hybridized carbons (Fsp3) is 0.250. The van der Waals surface area contributed by atoms with E-state index >= 15 is 0 Å². The fourth-order valence-electron chi connectivity index (χ4n) is 0.846. The van der Waals surface area contributed by atoms with Crippen LogP contribution in [0.3, 0.4) is 0 Å². The molecule has 1 rings (SSSR count). The van der Waals surface area contributed by atoms with Gasteiger partial charge in [-0.3, -0.25) is 0 Å². The molecule has 0 fully saturated rings. The third-order valence-electron chi connectivity index (χ3n) is 1.55. The van der Waals surface area contributed by atoms with Crippen LogP contribution in [0.2, 0.25) is 5.02 Å². The summed E-state index contributed by atoms with van der Waals surface area (Å²) in [5.41, 5.74) is 12.1. The molecule has 0 heterocycles. The fourth-order valence-corrected chi connectivity index (χ4v) is 0.972. The minimum atomic E-state index is -0.0766. The van der Waals surface area contributed by atoms with Gasteiger partial charge in [0.15, 0.2) is 0 Å². The first-order valence-electron chi connectivity index (χ1n) is 3.45. The molecule has 0 unspecified atom stereocenters. The second-order valence-corrected chi connectivity index (χ2v) is 2.83. The van der Waals surface area contributed by atoms with Gasteiger partial charge in [0.25, 0.3) is 0 Å². The molecule has 12 heavy (non-hydrogen) atoms. The summed E-state index contributed by atoms with van der Waals surface area (Å²) in [6.07, 6.45) is 0. The Hall–Kier alpha value is -0.280. The van der Waals surface area contributed by atoms with Gasteiger partial charge in [-0.2, -0.15) is 0 Å². The van der Waals surface area contributed by atoms with Crippen molar-refractivity contribution >= 4 is 24.0 Å². The Bertz CT molecular complexity index is 223. The molecular formula is C8H12Cl2N2. The SMILES string of the molecule is Cl.NC[C@@H](N)c1ccc(Cl)cc1. The normalized spacial score (nSPS) is 11.9. The second kappa shape index (κ2) is 5.38. The van der Waals surface area contributed by atoms with E-state index in [0.29, 0.717) is 6.54 Å². The molecule has 2 nitrogen and oxygen atoms in total. The Kier molecular flexibility index (Phi) is 5.25. The van der Waals surface area contributed by atoms with Crippen molar-refractivity contribution in [3.8, 4) is 0 Å². The van der Waals surface area contributed by atoms with Gasteiger partial charge in [0.05, 0.1) is 0 Å². The summed E-state index contributed by atoms with van der Waals surface area (Å²) in [6.45, 7) is 0.460. The first-order chi connectivity index (χ1) is 5.24. The van der Waals surface area contributed by atoms with E-state index in [2.05, 4.69) is 0 Å². The Morgan fingerprint density at radius 3 is 2.17 bits per heavy atom. The number of hydrogen-bond donors (Lipinski definition) is 2. The molecule has 4 N–H and O–H groups in total. The van der Waals surface area contributed by atoms with Crippen LogP contribution in [0.4, 0.5) is 0 Å². The smallest absolute Gasteiger partial charge is 0.0419 e. The van der Waals surface area contributed by atoms with Crippen molar-refractivity contribution in [1.82, 2.24) is 0 Å². The minimum absolute atomic E-state index is 0. The zero-order chi connectivity index (χ0) is 8.27. The highest BCUT2D eigenvalue weighted by Gasteiger charge is 2.01. The lowest BCUT2D eigenvalue weighted by Gasteiger charge is -2.07. The molecule has 0 aliphatic heterocycles. The van der Waals surface area contributed by atoms with E-state index in [1.165, 1.54) is 0 Å². The Morgan fingerprint density at radius 2 is 1.75 bits per heavy atom. The minimum Gasteiger partial charge on any atom is -0.329 e. The van der Waals surface area contributed by atoms with Crippen molar-refractivity contribution < 1.29 is 0 Å². The predicted octanol–water partition coefficient (Wildman–Crippen LogP) is 1.72. The molecule has 0 saturated carbocycles. The third kappa shape index (κ3) is 2.99. The molecule has 0 radical (unpaired) electrons. The van der Waals surface area contributed by atoms with Crippen LogP contribution in [0.25, 0.3) is 0 Å². The lowest BCUT2D eigenvalue weighted by Crippen LogP contribution is -2.20. The summed E-state index contributed by atoms with van der Waals surface area (Å²) >= 11 is 5.69. The summed E-state index contributed by atoms with van der Waals surface area (Å²) in [5, 5.41) is 0.720. The summed E-state index contributed by atoms with van der Waals surface area (Å²) in [5.74, 6) is 0. The van der Waals surface area contributed by atoms with Gasteiger partial charge in [-0.25, -0.2) is 0 Å². The molecule has 0 saturated heterocycles. The topological polar surface area (TPSA) is 52.0 Å². The molecule has 0 aromatic heterocycles. The van der Waals surface area contributed by atoms with Gasteiger partial charge in [0.2, 0.25) is 0 Å². The number of hydrogen-bond acceptors (Lipinski definition) is 2. The maximum absolute atomic E-state index is 5.69. The molecule has 1 aromatic carbocycles. The number of rotatable bonds is 2. The highest BCUT2D eigenvalue weighted by atomic mass is 35.5. The Balaban J connectivity index is 0.00000121. The van der Waals surface area contributed by atoms with Crippen LogP contribution in [0.5, 0.6) is 0 Å². The maximum Gasteiger partial charge on any atom is 0.0419 e. The summed E-state index contributed by atoms with van der Waals surface area (Å²) < 4.78 is 0. The Labute approximate surface area is 83.3 Å². The van der Waals surface area contributed by atoms with E-state index in [4.69, 9.17) is 23.1 Å². The van der Waals surface area contributed by atoms with Gasteiger partial charge in [0.1, 0.15) is 0 Å². The largest absolute Gasteiger partial charge is 0.329 e. The van der Waals surface area contributed by atoms with Crippen molar-refractivity contribution in [2.75, 3.05) is 6.54 Å². The summed E-state index contributed by atoms with van der Waals surface area (Å²) in [6, 6.07) is 7.32. The zero-order valence-corrected chi connectivity index (χ0v) is 8.11. The van der Waals surface area contributed by atoms with Crippen molar-refractivity contribution in [3.63, 3.8) is 0 Å². The molecule has 0 aliphatic carbocycles. The van der Waals surface area contributed by atoms with Gasteiger partial charge in [-0.05, 0) is 17.7 Å². The highest BCUT2D eigenvalue weighted by Crippen LogP contribution is 2.13. The van der Waals surface area contributed by atoms with Crippen LogP contribution in [0, 0.1) is 0 Å². The van der Waals surface area contributed by atoms with Gasteiger partial charge >= 0.3 is 0 Å². The molecule has 0 spiro atoms. The molecule has 0 bridgehead atoms. The molecule has 0 amide bonds. The lowest BCUT2D eigenvalue weighted by atomic mass is 10.1. The van der Waals surface area contributed by atoms with Crippen LogP contribution in [-0.2, 0) is 0 Å². The van der Waals surface area contributed by atoms with Crippen LogP contribution in [-0.4, -0.2) is 6.54 Å². The van der Waals surface area contributed by atoms with Gasteiger partial charge in [0, 0.05) is 17.6 Å². The average Bonchev–Trinajstić information content (AvgIpc) is 2.05. The number of benzene rings is 1. The summed E-state index contributed by atoms with van der Waals surface area (Å²) in [7, 11) is 0. The zero-order valence-electron chi connectivity index (χ0n) is 6.53. The van der Waals surface area contributed by atoms with Crippen molar-refractivity contribution in [3.05, 3.63) is 34.9 Å². The van der Waals surface area contributed by atoms with E-state index in [1.54, 1.807) is 0 Å². The lowest BCUT2D eigenvalue weighted by molar-refractivity contribution is 0.737. The van der Waals surface area contributed by atoms with Crippen molar-refractivity contribution in [2.24, 2.45) is 11.5 Å². The summed E-state index contributed by atoms with van der Waals surface area (Å²) in [4.78, 5) is 0. The van der Waals surface area contributed by atoms with E-state index in [0.717, 1.165) is 10.6 Å². The first kappa shape index (κ1) is 11.7. The highest BCUT2D eigenvalue weighted by molar-refractivity contribution is 6.30. The van der Waals surface area contributed by atoms with E-state index in [-0.39, 0.29) is 18.4 Å². The molecule has 4 heteroatoms. The van der Waals surface area contributed by atoms with E-state index < -0.39 is 0 Å². The standard InChI is InChI=1S/C8H11ClN2.ClH/c9-7-3-1-6(2-4-7)8(11)5-10;/h1-4,8H,5,10-11H2;1H/t8-;/m1./s1. The van der Waals surface area contributed by atoms with Crippen LogP contribution in [0.15, 0.2) is 24.3 Å². The monoisotopic (exact) mass is 206 g/mol. The maximum atomic E-state index is 5.69. The average molecular weight is 207 g/mol. The van der Waals surface area contributed by atoms with Crippen molar-refractivity contribution in [1.29, 1.82) is 0 Å². The van der Waals surface area contributed by atoms with Crippen molar-refractivity contribution in [2.45, 2.75) is 6.04 Å². The first-order valence-corrected chi connectivity index (χ1v) is 3.83. The van der Waals surface area contributed by atoms with Gasteiger partial charge in [-0.1, -0.05) is 23.7 Å². The van der Waals surface area contributed by atoms with Crippen LogP contribution >= 0.6 is 24.0 Å². The van der Waals surface area contributed by atoms with Gasteiger partial charge < -0.3 is 11.5 Å². The van der Waals surface area contributed by atoms with Crippen LogP contribution < -0.4 is 11.5 Å². The van der Waals surface area contributed by atoms with E-state index in [9.17, 15) is 0 Å². The predicted molar refractivity (Wildman–Crippen MR) is 54.7 cm³/mol. The van der Waals surface area contributed by atoms with E-state index in [1.807, 2.05) is 24.3 Å². The molecule has 1 atom stereocenters. The second-order valence-electron chi connectivity index (χ2n) is 2.39.